The average Bonchev–Trinajstić information content (AvgIpc) is 3.04. The lowest BCUT2D eigenvalue weighted by atomic mass is 10.0. The van der Waals surface area contributed by atoms with Gasteiger partial charge in [0.1, 0.15) is 0 Å². The fourth-order valence-electron chi connectivity index (χ4n) is 3.39. The molecule has 1 aromatic carbocycles. The van der Waals surface area contributed by atoms with Crippen LogP contribution in [0.4, 0.5) is 0 Å². The maximum Gasteiger partial charge on any atom is 0.0481 e. The first-order valence-corrected chi connectivity index (χ1v) is 7.58. The summed E-state index contributed by atoms with van der Waals surface area (Å²) in [7, 11) is 2.13. The third-order valence-electron chi connectivity index (χ3n) is 4.50. The summed E-state index contributed by atoms with van der Waals surface area (Å²) >= 11 is 0. The van der Waals surface area contributed by atoms with E-state index in [4.69, 9.17) is 0 Å². The molecule has 1 fully saturated rings. The predicted molar refractivity (Wildman–Crippen MR) is 81.2 cm³/mol. The van der Waals surface area contributed by atoms with Gasteiger partial charge in [0.15, 0.2) is 0 Å². The summed E-state index contributed by atoms with van der Waals surface area (Å²) < 4.78 is 2.23. The number of fused-ring (bicyclic) bond motifs is 1. The van der Waals surface area contributed by atoms with Crippen molar-refractivity contribution in [2.75, 3.05) is 6.54 Å². The quantitative estimate of drug-likeness (QED) is 0.804. The lowest BCUT2D eigenvalue weighted by molar-refractivity contribution is 0.477. The van der Waals surface area contributed by atoms with Crippen LogP contribution in [0.15, 0.2) is 30.5 Å². The Kier molecular flexibility index (Phi) is 3.88. The van der Waals surface area contributed by atoms with Gasteiger partial charge >= 0.3 is 0 Å². The molecule has 1 aliphatic rings. The minimum absolute atomic E-state index is 0.986. The number of hydrogen-bond donors (Lipinski definition) is 1. The molecule has 2 aromatic rings. The fourth-order valence-corrected chi connectivity index (χ4v) is 3.39. The molecular weight excluding hydrogens is 232 g/mol. The molecule has 102 valence electrons. The van der Waals surface area contributed by atoms with Gasteiger partial charge < -0.3 is 9.88 Å². The monoisotopic (exact) mass is 256 g/mol. The smallest absolute Gasteiger partial charge is 0.0481 e. The van der Waals surface area contributed by atoms with Crippen LogP contribution in [0.25, 0.3) is 10.9 Å². The number of nitrogens with zero attached hydrogens (tertiary/aromatic N) is 1. The lowest BCUT2D eigenvalue weighted by Crippen LogP contribution is -2.16. The van der Waals surface area contributed by atoms with Gasteiger partial charge in [-0.3, -0.25) is 0 Å². The molecule has 0 radical (unpaired) electrons. The van der Waals surface area contributed by atoms with Crippen molar-refractivity contribution >= 4 is 10.9 Å². The minimum Gasteiger partial charge on any atom is -0.350 e. The molecule has 1 aliphatic carbocycles. The van der Waals surface area contributed by atoms with Crippen LogP contribution in [0.2, 0.25) is 0 Å². The van der Waals surface area contributed by atoms with E-state index in [1.807, 2.05) is 0 Å². The Labute approximate surface area is 115 Å². The maximum atomic E-state index is 3.62. The van der Waals surface area contributed by atoms with Crippen LogP contribution in [0, 0.1) is 5.92 Å². The Morgan fingerprint density at radius 1 is 1.21 bits per heavy atom. The van der Waals surface area contributed by atoms with Gasteiger partial charge in [-0.1, -0.05) is 43.9 Å². The van der Waals surface area contributed by atoms with Gasteiger partial charge in [0.2, 0.25) is 0 Å². The van der Waals surface area contributed by atoms with E-state index in [0.717, 1.165) is 19.0 Å². The van der Waals surface area contributed by atoms with Crippen molar-refractivity contribution in [3.8, 4) is 0 Å². The molecule has 1 heterocycles. The molecule has 2 nitrogen and oxygen atoms in total. The van der Waals surface area contributed by atoms with Crippen molar-refractivity contribution in [1.29, 1.82) is 0 Å². The predicted octanol–water partition coefficient (Wildman–Crippen LogP) is 3.85. The summed E-state index contributed by atoms with van der Waals surface area (Å²) in [5.74, 6) is 0.986. The van der Waals surface area contributed by atoms with Gasteiger partial charge in [-0.05, 0) is 30.5 Å². The van der Waals surface area contributed by atoms with E-state index >= 15 is 0 Å². The number of nitrogens with one attached hydrogen (secondary N) is 1. The fraction of sp³-hybridized carbons (Fsp3) is 0.529. The first kappa shape index (κ1) is 12.7. The van der Waals surface area contributed by atoms with E-state index < -0.39 is 0 Å². The van der Waals surface area contributed by atoms with Crippen LogP contribution >= 0.6 is 0 Å². The average molecular weight is 256 g/mol. The standard InChI is InChI=1S/C17H24N2/c1-19-13-15(16-8-4-5-9-17(16)19)12-18-11-10-14-6-2-3-7-14/h4-5,8-9,13-14,18H,2-3,6-7,10-12H2,1H3. The summed E-state index contributed by atoms with van der Waals surface area (Å²) in [5, 5.41) is 5.01. The second-order valence-electron chi connectivity index (χ2n) is 5.90. The van der Waals surface area contributed by atoms with Crippen LogP contribution in [-0.2, 0) is 13.6 Å². The number of para-hydroxylation sites is 1. The number of benzene rings is 1. The molecule has 0 amide bonds. The van der Waals surface area contributed by atoms with Gasteiger partial charge in [-0.25, -0.2) is 0 Å². The molecular formula is C17H24N2. The van der Waals surface area contributed by atoms with Crippen LogP contribution in [-0.4, -0.2) is 11.1 Å². The highest BCUT2D eigenvalue weighted by molar-refractivity contribution is 5.83. The molecule has 0 bridgehead atoms. The second-order valence-corrected chi connectivity index (χ2v) is 5.90. The number of aromatic nitrogens is 1. The Hall–Kier alpha value is -1.28. The molecule has 0 aliphatic heterocycles. The Morgan fingerprint density at radius 3 is 2.84 bits per heavy atom. The molecule has 0 saturated heterocycles. The summed E-state index contributed by atoms with van der Waals surface area (Å²) in [6.07, 6.45) is 9.42. The Morgan fingerprint density at radius 2 is 2.00 bits per heavy atom. The number of hydrogen-bond acceptors (Lipinski definition) is 1. The molecule has 19 heavy (non-hydrogen) atoms. The van der Waals surface area contributed by atoms with Crippen molar-refractivity contribution in [2.45, 2.75) is 38.6 Å². The zero-order chi connectivity index (χ0) is 13.1. The van der Waals surface area contributed by atoms with E-state index in [2.05, 4.69) is 47.4 Å². The molecule has 2 heteroatoms. The molecule has 3 rings (SSSR count). The highest BCUT2D eigenvalue weighted by Gasteiger charge is 2.14. The van der Waals surface area contributed by atoms with E-state index in [9.17, 15) is 0 Å². The van der Waals surface area contributed by atoms with Crippen LogP contribution in [0.3, 0.4) is 0 Å². The van der Waals surface area contributed by atoms with Gasteiger partial charge in [0.25, 0.3) is 0 Å². The lowest BCUT2D eigenvalue weighted by Gasteiger charge is -2.09. The number of aryl methyl sites for hydroxylation is 1. The largest absolute Gasteiger partial charge is 0.350 e. The van der Waals surface area contributed by atoms with Crippen LogP contribution < -0.4 is 5.32 Å². The molecule has 0 spiro atoms. The molecule has 1 saturated carbocycles. The van der Waals surface area contributed by atoms with E-state index in [1.54, 1.807) is 0 Å². The van der Waals surface area contributed by atoms with Gasteiger partial charge in [0, 0.05) is 30.7 Å². The summed E-state index contributed by atoms with van der Waals surface area (Å²) in [4.78, 5) is 0. The zero-order valence-electron chi connectivity index (χ0n) is 11.9. The maximum absolute atomic E-state index is 3.62. The first-order valence-electron chi connectivity index (χ1n) is 7.58. The van der Waals surface area contributed by atoms with Crippen LogP contribution in [0.5, 0.6) is 0 Å². The topological polar surface area (TPSA) is 17.0 Å². The molecule has 0 atom stereocenters. The van der Waals surface area contributed by atoms with Crippen molar-refractivity contribution in [3.63, 3.8) is 0 Å². The Bertz CT molecular complexity index is 535. The second kappa shape index (κ2) is 5.79. The van der Waals surface area contributed by atoms with Gasteiger partial charge in [-0.15, -0.1) is 0 Å². The highest BCUT2D eigenvalue weighted by Crippen LogP contribution is 2.27. The number of rotatable bonds is 5. The molecule has 1 aromatic heterocycles. The molecule has 1 N–H and O–H groups in total. The van der Waals surface area contributed by atoms with Gasteiger partial charge in [0.05, 0.1) is 0 Å². The summed E-state index contributed by atoms with van der Waals surface area (Å²) in [6, 6.07) is 8.66. The first-order chi connectivity index (χ1) is 9.34. The van der Waals surface area contributed by atoms with E-state index in [0.29, 0.717) is 0 Å². The molecule has 0 unspecified atom stereocenters. The third-order valence-corrected chi connectivity index (χ3v) is 4.50. The third kappa shape index (κ3) is 2.84. The summed E-state index contributed by atoms with van der Waals surface area (Å²) in [6.45, 7) is 2.15. The zero-order valence-corrected chi connectivity index (χ0v) is 11.9. The van der Waals surface area contributed by atoms with Crippen LogP contribution in [0.1, 0.15) is 37.7 Å². The van der Waals surface area contributed by atoms with Crippen molar-refractivity contribution < 1.29 is 0 Å². The normalized spacial score (nSPS) is 16.5. The van der Waals surface area contributed by atoms with E-state index in [1.165, 1.54) is 48.6 Å². The van der Waals surface area contributed by atoms with Gasteiger partial charge in [-0.2, -0.15) is 0 Å². The SMILES string of the molecule is Cn1cc(CNCCC2CCCC2)c2ccccc21. The van der Waals surface area contributed by atoms with Crippen molar-refractivity contribution in [2.24, 2.45) is 13.0 Å². The minimum atomic E-state index is 0.986. The van der Waals surface area contributed by atoms with E-state index in [-0.39, 0.29) is 0 Å². The summed E-state index contributed by atoms with van der Waals surface area (Å²) in [5.41, 5.74) is 2.75. The highest BCUT2D eigenvalue weighted by atomic mass is 14.9. The Balaban J connectivity index is 1.56. The van der Waals surface area contributed by atoms with Crippen molar-refractivity contribution in [3.05, 3.63) is 36.0 Å². The van der Waals surface area contributed by atoms with Crippen molar-refractivity contribution in [1.82, 2.24) is 9.88 Å².